The lowest BCUT2D eigenvalue weighted by atomic mass is 9.58. The van der Waals surface area contributed by atoms with Gasteiger partial charge in [0.1, 0.15) is 17.1 Å². The molecule has 306 valence electrons. The molecule has 56 heavy (non-hydrogen) atoms. The average Bonchev–Trinajstić information content (AvgIpc) is 3.53. The highest BCUT2D eigenvalue weighted by Crippen LogP contribution is 2.60. The predicted octanol–water partition coefficient (Wildman–Crippen LogP) is 8.97. The molecule has 2 heterocycles. The van der Waals surface area contributed by atoms with Gasteiger partial charge in [0.2, 0.25) is 5.78 Å². The van der Waals surface area contributed by atoms with E-state index >= 15 is 9.59 Å². The largest absolute Gasteiger partial charge is 0.508 e. The number of aliphatic hydroxyl groups is 1. The zero-order chi connectivity index (χ0) is 41.0. The second kappa shape index (κ2) is 15.7. The Morgan fingerprint density at radius 3 is 2.30 bits per heavy atom. The molecular weight excluding hydrogens is 725 g/mol. The Bertz CT molecular complexity index is 1910. The summed E-state index contributed by atoms with van der Waals surface area (Å²) < 4.78 is 25.8. The van der Waals surface area contributed by atoms with Crippen LogP contribution in [0.25, 0.3) is 0 Å². The third-order valence-corrected chi connectivity index (χ3v) is 17.8. The minimum Gasteiger partial charge on any atom is -0.508 e. The standard InChI is InChI=1S/C44H64N4O7Si/c1-12-14-20-52-32-24-28(26-48-18-16-43(6,7)17-19-48)30(25-45)29-22-27-23-31-36(47(8)9)38-35(41(46-54-38)53-21-15-13-2)40(51)44(31,55-56(10,11)42(3,4)5)39(50)33(27)37(49)34(29)32/h24,27,31,36,50H,12-23,26H2,1-11H3/t27-,31-,36-,44-/m0/s1. The zero-order valence-electron chi connectivity index (χ0n) is 35.7. The number of allylic oxidation sites excluding steroid dienone is 1. The van der Waals surface area contributed by atoms with Crippen LogP contribution in [0, 0.1) is 28.6 Å². The fourth-order valence-electron chi connectivity index (χ4n) is 8.93. The molecule has 1 aromatic carbocycles. The number of hydrogen-bond acceptors (Lipinski definition) is 11. The minimum absolute atomic E-state index is 0.0808. The SMILES string of the molecule is CCCCOc1cc(CN2CCC(C)(C)CC2)c(C#N)c2c1C(=O)C1=C(O)[C@]3(O[Si](C)(C)C(C)(C)C)C(=O)c4c(OCCCC)noc4[C@@H](N(C)C)[C@@H]3C[C@@H]1C2. The van der Waals surface area contributed by atoms with Crippen molar-refractivity contribution in [1.29, 1.82) is 5.26 Å². The first-order valence-corrected chi connectivity index (χ1v) is 23.7. The van der Waals surface area contributed by atoms with Crippen LogP contribution >= 0.6 is 0 Å². The van der Waals surface area contributed by atoms with E-state index in [-0.39, 0.29) is 33.2 Å². The number of benzene rings is 1. The Morgan fingerprint density at radius 1 is 1.07 bits per heavy atom. The van der Waals surface area contributed by atoms with Gasteiger partial charge in [-0.15, -0.1) is 0 Å². The summed E-state index contributed by atoms with van der Waals surface area (Å²) in [6, 6.07) is 3.84. The van der Waals surface area contributed by atoms with Gasteiger partial charge < -0.3 is 23.5 Å². The third kappa shape index (κ3) is 7.26. The van der Waals surface area contributed by atoms with E-state index in [1.54, 1.807) is 0 Å². The maximum Gasteiger partial charge on any atom is 0.265 e. The Labute approximate surface area is 334 Å². The van der Waals surface area contributed by atoms with E-state index in [9.17, 15) is 10.4 Å². The summed E-state index contributed by atoms with van der Waals surface area (Å²) in [4.78, 5) is 35.1. The Hall–Kier alpha value is -3.50. The molecule has 12 heteroatoms. The average molecular weight is 789 g/mol. The van der Waals surface area contributed by atoms with Gasteiger partial charge in [0.25, 0.3) is 5.88 Å². The number of aromatic nitrogens is 1. The first kappa shape index (κ1) is 42.1. The summed E-state index contributed by atoms with van der Waals surface area (Å²) in [6.07, 6.45) is 6.17. The van der Waals surface area contributed by atoms with E-state index in [0.29, 0.717) is 60.8 Å². The number of Topliss-reactive ketones (excluding diaryl/α,β-unsaturated/α-hetero) is 2. The second-order valence-corrected chi connectivity index (χ2v) is 23.8. The van der Waals surface area contributed by atoms with Crippen LogP contribution in [0.4, 0.5) is 0 Å². The number of piperidine rings is 1. The third-order valence-electron chi connectivity index (χ3n) is 13.4. The van der Waals surface area contributed by atoms with Crippen LogP contribution in [-0.2, 0) is 17.4 Å². The van der Waals surface area contributed by atoms with Crippen molar-refractivity contribution in [2.24, 2.45) is 17.3 Å². The van der Waals surface area contributed by atoms with E-state index in [2.05, 4.69) is 77.7 Å². The van der Waals surface area contributed by atoms with Crippen molar-refractivity contribution in [2.75, 3.05) is 40.4 Å². The van der Waals surface area contributed by atoms with Crippen LogP contribution in [0.15, 0.2) is 21.9 Å². The fourth-order valence-corrected chi connectivity index (χ4v) is 10.4. The quantitative estimate of drug-likeness (QED) is 0.154. The molecule has 0 amide bonds. The maximum absolute atomic E-state index is 15.4. The number of ether oxygens (including phenoxy) is 2. The summed E-state index contributed by atoms with van der Waals surface area (Å²) in [7, 11) is 0.983. The van der Waals surface area contributed by atoms with E-state index in [4.69, 9.17) is 18.4 Å². The lowest BCUT2D eigenvalue weighted by molar-refractivity contribution is -0.0480. The Kier molecular flexibility index (Phi) is 11.8. The minimum atomic E-state index is -2.85. The van der Waals surface area contributed by atoms with Gasteiger partial charge in [-0.1, -0.05) is 61.3 Å². The second-order valence-electron chi connectivity index (χ2n) is 19.1. The Balaban J connectivity index is 1.56. The molecule has 4 atom stereocenters. The van der Waals surface area contributed by atoms with Gasteiger partial charge in [-0.2, -0.15) is 5.26 Å². The van der Waals surface area contributed by atoms with Gasteiger partial charge in [-0.3, -0.25) is 19.4 Å². The summed E-state index contributed by atoms with van der Waals surface area (Å²) >= 11 is 0. The van der Waals surface area contributed by atoms with Crippen molar-refractivity contribution in [3.05, 3.63) is 51.0 Å². The molecule has 1 aliphatic heterocycles. The molecule has 11 nitrogen and oxygen atoms in total. The van der Waals surface area contributed by atoms with Gasteiger partial charge >= 0.3 is 0 Å². The highest BCUT2D eigenvalue weighted by molar-refractivity contribution is 6.74. The van der Waals surface area contributed by atoms with Crippen LogP contribution in [0.3, 0.4) is 0 Å². The van der Waals surface area contributed by atoms with Crippen LogP contribution in [-0.4, -0.2) is 85.9 Å². The molecule has 6 rings (SSSR count). The molecule has 0 radical (unpaired) electrons. The number of nitriles is 1. The van der Waals surface area contributed by atoms with Gasteiger partial charge in [0, 0.05) is 18.0 Å². The van der Waals surface area contributed by atoms with Crippen molar-refractivity contribution in [3.63, 3.8) is 0 Å². The monoisotopic (exact) mass is 788 g/mol. The predicted molar refractivity (Wildman–Crippen MR) is 218 cm³/mol. The number of nitrogens with zero attached hydrogens (tertiary/aromatic N) is 4. The number of fused-ring (bicyclic) bond motifs is 4. The van der Waals surface area contributed by atoms with Crippen molar-refractivity contribution in [3.8, 4) is 17.7 Å². The number of ketones is 2. The first-order valence-electron chi connectivity index (χ1n) is 20.8. The van der Waals surface area contributed by atoms with E-state index in [1.807, 2.05) is 25.1 Å². The highest BCUT2D eigenvalue weighted by Gasteiger charge is 2.67. The number of unbranched alkanes of at least 4 members (excludes halogenated alkanes) is 2. The molecule has 1 N–H and O–H groups in total. The summed E-state index contributed by atoms with van der Waals surface area (Å²) in [6.45, 7) is 22.3. The molecule has 2 aromatic rings. The fraction of sp³-hybridized carbons (Fsp3) is 0.682. The van der Waals surface area contributed by atoms with Crippen molar-refractivity contribution in [1.82, 2.24) is 15.0 Å². The highest BCUT2D eigenvalue weighted by atomic mass is 28.4. The molecule has 0 saturated carbocycles. The van der Waals surface area contributed by atoms with Gasteiger partial charge in [-0.05, 0) is 118 Å². The number of aliphatic hydroxyl groups excluding tert-OH is 1. The molecule has 1 aromatic heterocycles. The van der Waals surface area contributed by atoms with Gasteiger partial charge in [0.15, 0.2) is 25.5 Å². The number of carbonyl (C=O) groups is 2. The summed E-state index contributed by atoms with van der Waals surface area (Å²) in [5.74, 6) is -1.50. The summed E-state index contributed by atoms with van der Waals surface area (Å²) in [5.41, 5.74) is 1.03. The number of likely N-dealkylation sites (tertiary alicyclic amines) is 1. The topological polar surface area (TPSA) is 138 Å². The number of carbonyl (C=O) groups excluding carboxylic acids is 2. The summed E-state index contributed by atoms with van der Waals surface area (Å²) in [5, 5.41) is 27.7. The lowest BCUT2D eigenvalue weighted by Crippen LogP contribution is -2.65. The van der Waals surface area contributed by atoms with E-state index in [0.717, 1.165) is 57.2 Å². The van der Waals surface area contributed by atoms with Crippen LogP contribution in [0.2, 0.25) is 18.1 Å². The molecule has 1 fully saturated rings. The van der Waals surface area contributed by atoms with Crippen LogP contribution in [0.1, 0.15) is 143 Å². The molecule has 0 bridgehead atoms. The molecular formula is C44H64N4O7Si. The first-order chi connectivity index (χ1) is 26.3. The zero-order valence-corrected chi connectivity index (χ0v) is 36.7. The van der Waals surface area contributed by atoms with Gasteiger partial charge in [-0.25, -0.2) is 0 Å². The smallest absolute Gasteiger partial charge is 0.265 e. The van der Waals surface area contributed by atoms with Crippen LogP contribution < -0.4 is 9.47 Å². The molecule has 3 aliphatic carbocycles. The number of hydrogen-bond donors (Lipinski definition) is 1. The van der Waals surface area contributed by atoms with Crippen molar-refractivity contribution in [2.45, 2.75) is 136 Å². The van der Waals surface area contributed by atoms with E-state index < -0.39 is 43.4 Å². The van der Waals surface area contributed by atoms with Crippen molar-refractivity contribution >= 4 is 19.9 Å². The normalized spacial score (nSPS) is 25.0. The number of rotatable bonds is 13. The molecule has 4 aliphatic rings. The molecule has 0 unspecified atom stereocenters. The molecule has 0 spiro atoms. The van der Waals surface area contributed by atoms with Crippen molar-refractivity contribution < 1.29 is 33.1 Å². The Morgan fingerprint density at radius 2 is 1.71 bits per heavy atom. The van der Waals surface area contributed by atoms with Gasteiger partial charge in [0.05, 0.1) is 36.5 Å². The van der Waals surface area contributed by atoms with E-state index in [1.165, 1.54) is 0 Å². The molecule has 1 saturated heterocycles. The van der Waals surface area contributed by atoms with Crippen LogP contribution in [0.5, 0.6) is 11.6 Å². The maximum atomic E-state index is 15.4. The lowest BCUT2D eigenvalue weighted by Gasteiger charge is -2.55.